The monoisotopic (exact) mass is 212 g/mol. The van der Waals surface area contributed by atoms with E-state index in [2.05, 4.69) is 15.2 Å². The van der Waals surface area contributed by atoms with Crippen LogP contribution in [0.1, 0.15) is 24.6 Å². The Bertz CT molecular complexity index is 436. The molecule has 0 radical (unpaired) electrons. The van der Waals surface area contributed by atoms with Crippen LogP contribution in [0.3, 0.4) is 0 Å². The third kappa shape index (κ3) is 1.50. The second-order valence-corrected chi connectivity index (χ2v) is 3.33. The lowest BCUT2D eigenvalue weighted by Crippen LogP contribution is -2.05. The molecule has 1 unspecified atom stereocenters. The molecule has 0 aromatic carbocycles. The van der Waals surface area contributed by atoms with Gasteiger partial charge >= 0.3 is 0 Å². The van der Waals surface area contributed by atoms with E-state index < -0.39 is 0 Å². The van der Waals surface area contributed by atoms with Gasteiger partial charge in [-0.1, -0.05) is 0 Å². The highest BCUT2D eigenvalue weighted by Gasteiger charge is 2.15. The minimum atomic E-state index is -0.0915. The highest BCUT2D eigenvalue weighted by atomic mass is 35.5. The third-order valence-corrected chi connectivity index (χ3v) is 2.21. The Kier molecular flexibility index (Phi) is 2.25. The summed E-state index contributed by atoms with van der Waals surface area (Å²) in [5.41, 5.74) is 0. The summed E-state index contributed by atoms with van der Waals surface area (Å²) in [7, 11) is 0. The summed E-state index contributed by atoms with van der Waals surface area (Å²) in [6, 6.07) is -0.0915. The van der Waals surface area contributed by atoms with Gasteiger partial charge in [-0.3, -0.25) is 4.57 Å². The molecule has 6 heteroatoms. The first-order valence-electron chi connectivity index (χ1n) is 4.16. The summed E-state index contributed by atoms with van der Waals surface area (Å²) in [4.78, 5) is 4.11. The number of nitrogens with zero attached hydrogens (tertiary/aromatic N) is 4. The van der Waals surface area contributed by atoms with Gasteiger partial charge in [0.05, 0.1) is 6.20 Å². The molecule has 0 fully saturated rings. The van der Waals surface area contributed by atoms with Crippen LogP contribution in [-0.4, -0.2) is 19.7 Å². The number of aryl methyl sites for hydroxylation is 1. The number of oxazole rings is 1. The quantitative estimate of drug-likeness (QED) is 0.762. The van der Waals surface area contributed by atoms with E-state index in [0.717, 1.165) is 5.76 Å². The van der Waals surface area contributed by atoms with Crippen molar-refractivity contribution in [2.75, 3.05) is 0 Å². The smallest absolute Gasteiger partial charge is 0.225 e. The highest BCUT2D eigenvalue weighted by molar-refractivity contribution is 6.28. The highest BCUT2D eigenvalue weighted by Crippen LogP contribution is 2.20. The number of aromatic nitrogens is 4. The van der Waals surface area contributed by atoms with Gasteiger partial charge in [-0.2, -0.15) is 0 Å². The Morgan fingerprint density at radius 1 is 1.57 bits per heavy atom. The molecule has 0 bridgehead atoms. The van der Waals surface area contributed by atoms with Crippen LogP contribution in [0.4, 0.5) is 0 Å². The van der Waals surface area contributed by atoms with E-state index in [1.807, 2.05) is 13.8 Å². The van der Waals surface area contributed by atoms with Crippen LogP contribution >= 0.6 is 11.6 Å². The summed E-state index contributed by atoms with van der Waals surface area (Å²) in [5.74, 6) is 1.38. The molecule has 0 aliphatic heterocycles. The summed E-state index contributed by atoms with van der Waals surface area (Å²) in [5, 5.41) is 7.69. The Labute approximate surface area is 85.7 Å². The maximum absolute atomic E-state index is 5.81. The van der Waals surface area contributed by atoms with Crippen molar-refractivity contribution in [3.05, 3.63) is 29.5 Å². The van der Waals surface area contributed by atoms with Crippen LogP contribution in [0, 0.1) is 6.92 Å². The molecule has 0 N–H and O–H groups in total. The fraction of sp³-hybridized carbons (Fsp3) is 0.375. The minimum absolute atomic E-state index is 0.0915. The van der Waals surface area contributed by atoms with Gasteiger partial charge in [-0.25, -0.2) is 4.98 Å². The van der Waals surface area contributed by atoms with Gasteiger partial charge in [0.25, 0.3) is 0 Å². The lowest BCUT2D eigenvalue weighted by atomic mass is 10.3. The predicted molar refractivity (Wildman–Crippen MR) is 50.1 cm³/mol. The van der Waals surface area contributed by atoms with Crippen molar-refractivity contribution in [1.82, 2.24) is 19.7 Å². The van der Waals surface area contributed by atoms with Gasteiger partial charge in [0.15, 0.2) is 0 Å². The van der Waals surface area contributed by atoms with Crippen LogP contribution in [0.25, 0.3) is 0 Å². The third-order valence-electron chi connectivity index (χ3n) is 1.94. The molecule has 0 saturated heterocycles. The molecule has 1 atom stereocenters. The van der Waals surface area contributed by atoms with E-state index in [1.165, 1.54) is 0 Å². The molecule has 0 aliphatic rings. The molecule has 0 amide bonds. The van der Waals surface area contributed by atoms with Gasteiger partial charge in [0.2, 0.25) is 11.2 Å². The normalized spacial score (nSPS) is 13.1. The summed E-state index contributed by atoms with van der Waals surface area (Å²) in [6.45, 7) is 3.76. The SMILES string of the molecule is Cc1cnc(C(C)n2cnnc2Cl)o1. The Morgan fingerprint density at radius 2 is 2.36 bits per heavy atom. The fourth-order valence-corrected chi connectivity index (χ4v) is 1.41. The number of hydrogen-bond acceptors (Lipinski definition) is 4. The largest absolute Gasteiger partial charge is 0.444 e. The van der Waals surface area contributed by atoms with E-state index in [9.17, 15) is 0 Å². The molecule has 74 valence electrons. The number of hydrogen-bond donors (Lipinski definition) is 0. The van der Waals surface area contributed by atoms with Crippen LogP contribution in [0.15, 0.2) is 16.9 Å². The van der Waals surface area contributed by atoms with Gasteiger partial charge < -0.3 is 4.42 Å². The second kappa shape index (κ2) is 3.42. The zero-order valence-corrected chi connectivity index (χ0v) is 8.56. The van der Waals surface area contributed by atoms with Crippen molar-refractivity contribution in [1.29, 1.82) is 0 Å². The van der Waals surface area contributed by atoms with Crippen molar-refractivity contribution < 1.29 is 4.42 Å². The van der Waals surface area contributed by atoms with Crippen LogP contribution in [0.2, 0.25) is 5.28 Å². The van der Waals surface area contributed by atoms with E-state index >= 15 is 0 Å². The molecule has 0 spiro atoms. The lowest BCUT2D eigenvalue weighted by molar-refractivity contribution is 0.415. The molecule has 0 aliphatic carbocycles. The molecular weight excluding hydrogens is 204 g/mol. The minimum Gasteiger partial charge on any atom is -0.444 e. The number of rotatable bonds is 2. The van der Waals surface area contributed by atoms with Crippen molar-refractivity contribution in [2.45, 2.75) is 19.9 Å². The van der Waals surface area contributed by atoms with Crippen LogP contribution < -0.4 is 0 Å². The Morgan fingerprint density at radius 3 is 2.86 bits per heavy atom. The zero-order chi connectivity index (χ0) is 10.1. The molecule has 0 saturated carbocycles. The van der Waals surface area contributed by atoms with Crippen molar-refractivity contribution >= 4 is 11.6 Å². The molecule has 2 aromatic heterocycles. The van der Waals surface area contributed by atoms with Gasteiger partial charge in [-0.05, 0) is 25.4 Å². The molecule has 2 aromatic rings. The number of halogens is 1. The van der Waals surface area contributed by atoms with E-state index in [-0.39, 0.29) is 6.04 Å². The van der Waals surface area contributed by atoms with Crippen molar-refractivity contribution in [3.8, 4) is 0 Å². The zero-order valence-electron chi connectivity index (χ0n) is 7.81. The van der Waals surface area contributed by atoms with Crippen LogP contribution in [0.5, 0.6) is 0 Å². The second-order valence-electron chi connectivity index (χ2n) is 2.99. The topological polar surface area (TPSA) is 56.7 Å². The standard InChI is InChI=1S/C8H9ClN4O/c1-5-3-10-7(14-5)6(2)13-4-11-12-8(13)9/h3-4,6H,1-2H3. The molecule has 2 rings (SSSR count). The molecule has 2 heterocycles. The lowest BCUT2D eigenvalue weighted by Gasteiger charge is -2.08. The molecule has 14 heavy (non-hydrogen) atoms. The maximum atomic E-state index is 5.81. The maximum Gasteiger partial charge on any atom is 0.225 e. The van der Waals surface area contributed by atoms with Crippen LogP contribution in [-0.2, 0) is 0 Å². The summed E-state index contributed by atoms with van der Waals surface area (Å²) < 4.78 is 7.07. The van der Waals surface area contributed by atoms with Crippen molar-refractivity contribution in [3.63, 3.8) is 0 Å². The van der Waals surface area contributed by atoms with E-state index in [1.54, 1.807) is 17.1 Å². The first-order chi connectivity index (χ1) is 6.68. The summed E-state index contributed by atoms with van der Waals surface area (Å²) >= 11 is 5.81. The first-order valence-corrected chi connectivity index (χ1v) is 4.53. The van der Waals surface area contributed by atoms with E-state index in [4.69, 9.17) is 16.0 Å². The van der Waals surface area contributed by atoms with E-state index in [0.29, 0.717) is 11.2 Å². The fourth-order valence-electron chi connectivity index (χ4n) is 1.17. The first kappa shape index (κ1) is 9.21. The molecule has 5 nitrogen and oxygen atoms in total. The van der Waals surface area contributed by atoms with Gasteiger partial charge in [0, 0.05) is 0 Å². The average molecular weight is 213 g/mol. The predicted octanol–water partition coefficient (Wildman–Crippen LogP) is 1.84. The van der Waals surface area contributed by atoms with Gasteiger partial charge in [-0.15, -0.1) is 10.2 Å². The summed E-state index contributed by atoms with van der Waals surface area (Å²) in [6.07, 6.45) is 3.22. The van der Waals surface area contributed by atoms with Crippen molar-refractivity contribution in [2.24, 2.45) is 0 Å². The average Bonchev–Trinajstić information content (AvgIpc) is 2.73. The Hall–Kier alpha value is -1.36. The van der Waals surface area contributed by atoms with Gasteiger partial charge in [0.1, 0.15) is 18.1 Å². The molecular formula is C8H9ClN4O. The Balaban J connectivity index is 2.33.